The number of hydrogen-bond donors (Lipinski definition) is 1. The maximum Gasteiger partial charge on any atom is 0.340 e. The van der Waals surface area contributed by atoms with Crippen molar-refractivity contribution in [2.75, 3.05) is 6.61 Å². The molecule has 0 fully saturated rings. The number of ether oxygens (including phenoxy) is 1. The van der Waals surface area contributed by atoms with E-state index in [4.69, 9.17) is 4.74 Å². The molecule has 1 N–H and O–H groups in total. The van der Waals surface area contributed by atoms with Crippen LogP contribution in [0.1, 0.15) is 23.0 Å². The maximum atomic E-state index is 12.5. The Morgan fingerprint density at radius 1 is 1.12 bits per heavy atom. The Hall–Kier alpha value is -3.34. The normalized spacial score (nSPS) is 11.0. The van der Waals surface area contributed by atoms with Crippen LogP contribution >= 0.6 is 0 Å². The number of aromatic amines is 1. The molecule has 2 aromatic carbocycles. The van der Waals surface area contributed by atoms with Crippen molar-refractivity contribution in [1.29, 1.82) is 0 Å². The fourth-order valence-electron chi connectivity index (χ4n) is 3.21. The van der Waals surface area contributed by atoms with E-state index in [2.05, 4.69) is 28.2 Å². The number of esters is 1. The van der Waals surface area contributed by atoms with Gasteiger partial charge in [-0.05, 0) is 23.3 Å². The summed E-state index contributed by atoms with van der Waals surface area (Å²) in [6.45, 7) is 2.77. The van der Waals surface area contributed by atoms with E-state index in [0.717, 1.165) is 27.6 Å². The number of nitrogens with one attached hydrogen (secondary N) is 1. The second-order valence-electron chi connectivity index (χ2n) is 6.08. The molecule has 0 amide bonds. The lowest BCUT2D eigenvalue weighted by atomic mass is 9.98. The Bertz CT molecular complexity index is 1040. The minimum Gasteiger partial charge on any atom is -0.462 e. The van der Waals surface area contributed by atoms with Crippen molar-refractivity contribution in [1.82, 2.24) is 14.5 Å². The molecule has 0 aliphatic carbocycles. The predicted octanol–water partition coefficient (Wildman–Crippen LogP) is 4.26. The minimum atomic E-state index is -0.307. The van der Waals surface area contributed by atoms with Crippen LogP contribution in [0.5, 0.6) is 0 Å². The average molecular weight is 345 g/mol. The number of rotatable bonds is 5. The highest BCUT2D eigenvalue weighted by Crippen LogP contribution is 2.32. The van der Waals surface area contributed by atoms with E-state index >= 15 is 0 Å². The number of imidazole rings is 1. The maximum absolute atomic E-state index is 12.5. The topological polar surface area (TPSA) is 59.9 Å². The highest BCUT2D eigenvalue weighted by atomic mass is 16.5. The molecule has 0 spiro atoms. The molecule has 0 aliphatic heterocycles. The molecule has 130 valence electrons. The third-order valence-electron chi connectivity index (χ3n) is 4.36. The number of fused-ring (bicyclic) bond motifs is 1. The van der Waals surface area contributed by atoms with E-state index in [-0.39, 0.29) is 5.97 Å². The molecule has 4 rings (SSSR count). The van der Waals surface area contributed by atoms with E-state index in [0.29, 0.717) is 18.7 Å². The van der Waals surface area contributed by atoms with E-state index in [1.54, 1.807) is 12.5 Å². The van der Waals surface area contributed by atoms with Gasteiger partial charge in [0.05, 0.1) is 30.7 Å². The molecule has 4 aromatic rings. The van der Waals surface area contributed by atoms with Crippen molar-refractivity contribution < 1.29 is 9.53 Å². The Labute approximate surface area is 151 Å². The third-order valence-corrected chi connectivity index (χ3v) is 4.36. The molecule has 0 unspecified atom stereocenters. The van der Waals surface area contributed by atoms with Gasteiger partial charge in [-0.2, -0.15) is 0 Å². The van der Waals surface area contributed by atoms with Crippen LogP contribution in [-0.2, 0) is 11.3 Å². The summed E-state index contributed by atoms with van der Waals surface area (Å²) >= 11 is 0. The zero-order chi connectivity index (χ0) is 17.9. The lowest BCUT2D eigenvalue weighted by Crippen LogP contribution is -2.05. The standard InChI is InChI=1S/C21H19N3O2/c1-2-26-21(25)20-13-24(11-16-10-22-14-23-16)12-19(20)18-9-5-7-15-6-3-4-8-17(15)18/h3-10,12-14H,2,11H2,1H3,(H,22,23). The highest BCUT2D eigenvalue weighted by Gasteiger charge is 2.19. The van der Waals surface area contributed by atoms with Crippen LogP contribution in [0.4, 0.5) is 0 Å². The Balaban J connectivity index is 1.85. The summed E-state index contributed by atoms with van der Waals surface area (Å²) in [7, 11) is 0. The molecule has 5 heteroatoms. The van der Waals surface area contributed by atoms with Gasteiger partial charge >= 0.3 is 5.97 Å². The SMILES string of the molecule is CCOC(=O)c1cn(Cc2cnc[nH]2)cc1-c1cccc2ccccc12. The first-order valence-electron chi connectivity index (χ1n) is 8.58. The third kappa shape index (κ3) is 2.99. The summed E-state index contributed by atoms with van der Waals surface area (Å²) < 4.78 is 7.26. The van der Waals surface area contributed by atoms with Crippen LogP contribution < -0.4 is 0 Å². The number of carbonyl (C=O) groups excluding carboxylic acids is 1. The smallest absolute Gasteiger partial charge is 0.340 e. The molecule has 26 heavy (non-hydrogen) atoms. The molecular weight excluding hydrogens is 326 g/mol. The van der Waals surface area contributed by atoms with Gasteiger partial charge in [-0.3, -0.25) is 0 Å². The molecule has 0 aliphatic rings. The molecule has 0 atom stereocenters. The first-order valence-corrected chi connectivity index (χ1v) is 8.58. The molecule has 0 saturated carbocycles. The summed E-state index contributed by atoms with van der Waals surface area (Å²) in [6, 6.07) is 14.3. The fourth-order valence-corrected chi connectivity index (χ4v) is 3.21. The molecule has 0 saturated heterocycles. The molecule has 0 bridgehead atoms. The summed E-state index contributed by atoms with van der Waals surface area (Å²) in [4.78, 5) is 19.7. The number of H-pyrrole nitrogens is 1. The summed E-state index contributed by atoms with van der Waals surface area (Å²) in [5, 5.41) is 2.25. The van der Waals surface area contributed by atoms with Crippen LogP contribution in [0.25, 0.3) is 21.9 Å². The van der Waals surface area contributed by atoms with Crippen molar-refractivity contribution in [2.45, 2.75) is 13.5 Å². The highest BCUT2D eigenvalue weighted by molar-refractivity contribution is 6.04. The first kappa shape index (κ1) is 16.1. The monoisotopic (exact) mass is 345 g/mol. The zero-order valence-corrected chi connectivity index (χ0v) is 14.5. The minimum absolute atomic E-state index is 0.307. The summed E-state index contributed by atoms with van der Waals surface area (Å²) in [6.07, 6.45) is 7.27. The molecule has 0 radical (unpaired) electrons. The van der Waals surface area contributed by atoms with Crippen LogP contribution in [0.2, 0.25) is 0 Å². The van der Waals surface area contributed by atoms with Crippen LogP contribution in [-0.4, -0.2) is 27.1 Å². The Kier molecular flexibility index (Phi) is 4.27. The van der Waals surface area contributed by atoms with Crippen LogP contribution in [0.15, 0.2) is 67.4 Å². The second-order valence-corrected chi connectivity index (χ2v) is 6.08. The predicted molar refractivity (Wildman–Crippen MR) is 101 cm³/mol. The largest absolute Gasteiger partial charge is 0.462 e. The van der Waals surface area contributed by atoms with Gasteiger partial charge in [0.1, 0.15) is 0 Å². The van der Waals surface area contributed by atoms with Gasteiger partial charge in [0.25, 0.3) is 0 Å². The van der Waals surface area contributed by atoms with Gasteiger partial charge in [0.2, 0.25) is 0 Å². The van der Waals surface area contributed by atoms with Gasteiger partial charge in [0, 0.05) is 24.2 Å². The van der Waals surface area contributed by atoms with Crippen LogP contribution in [0.3, 0.4) is 0 Å². The molecule has 2 heterocycles. The van der Waals surface area contributed by atoms with Gasteiger partial charge < -0.3 is 14.3 Å². The number of nitrogens with zero attached hydrogens (tertiary/aromatic N) is 2. The van der Waals surface area contributed by atoms with Gasteiger partial charge in [-0.1, -0.05) is 42.5 Å². The zero-order valence-electron chi connectivity index (χ0n) is 14.5. The van der Waals surface area contributed by atoms with E-state index < -0.39 is 0 Å². The second kappa shape index (κ2) is 6.88. The Morgan fingerprint density at radius 2 is 1.96 bits per heavy atom. The quantitative estimate of drug-likeness (QED) is 0.550. The number of aromatic nitrogens is 3. The molecule has 2 aromatic heterocycles. The Morgan fingerprint density at radius 3 is 2.77 bits per heavy atom. The van der Waals surface area contributed by atoms with Crippen molar-refractivity contribution in [2.24, 2.45) is 0 Å². The lowest BCUT2D eigenvalue weighted by molar-refractivity contribution is 0.0527. The van der Waals surface area contributed by atoms with Gasteiger partial charge in [0.15, 0.2) is 0 Å². The van der Waals surface area contributed by atoms with Gasteiger partial charge in [-0.15, -0.1) is 0 Å². The van der Waals surface area contributed by atoms with Gasteiger partial charge in [-0.25, -0.2) is 9.78 Å². The van der Waals surface area contributed by atoms with E-state index in [1.807, 2.05) is 48.1 Å². The van der Waals surface area contributed by atoms with Crippen LogP contribution in [0, 0.1) is 0 Å². The summed E-state index contributed by atoms with van der Waals surface area (Å²) in [5.41, 5.74) is 3.44. The summed E-state index contributed by atoms with van der Waals surface area (Å²) in [5.74, 6) is -0.307. The fraction of sp³-hybridized carbons (Fsp3) is 0.143. The number of carbonyl (C=O) groups is 1. The van der Waals surface area contributed by atoms with Crippen molar-refractivity contribution in [3.8, 4) is 11.1 Å². The number of benzene rings is 2. The van der Waals surface area contributed by atoms with E-state index in [1.165, 1.54) is 0 Å². The van der Waals surface area contributed by atoms with Crippen molar-refractivity contribution >= 4 is 16.7 Å². The van der Waals surface area contributed by atoms with Crippen molar-refractivity contribution in [3.05, 3.63) is 78.6 Å². The molecule has 5 nitrogen and oxygen atoms in total. The molecular formula is C21H19N3O2. The first-order chi connectivity index (χ1) is 12.8. The van der Waals surface area contributed by atoms with E-state index in [9.17, 15) is 4.79 Å². The van der Waals surface area contributed by atoms with Crippen molar-refractivity contribution in [3.63, 3.8) is 0 Å². The lowest BCUT2D eigenvalue weighted by Gasteiger charge is -2.07. The average Bonchev–Trinajstić information content (AvgIpc) is 3.32. The number of hydrogen-bond acceptors (Lipinski definition) is 3.